The third kappa shape index (κ3) is 3.50. The molecule has 0 spiro atoms. The molecule has 0 nitrogen and oxygen atoms in total. The standard InChI is InChI=1S/C6H11F.C2H6/c1-2-3-6(7)4-5-6;1-2/h2-5H2,1H3;1-2H3. The fraction of sp³-hybridized carbons (Fsp3) is 1.00. The summed E-state index contributed by atoms with van der Waals surface area (Å²) >= 11 is 0. The van der Waals surface area contributed by atoms with Gasteiger partial charge in [0.1, 0.15) is 5.67 Å². The highest BCUT2D eigenvalue weighted by atomic mass is 19.1. The first-order valence-electron chi connectivity index (χ1n) is 3.96. The molecule has 0 saturated heterocycles. The molecule has 1 saturated carbocycles. The van der Waals surface area contributed by atoms with Gasteiger partial charge in [-0.25, -0.2) is 4.39 Å². The van der Waals surface area contributed by atoms with Crippen LogP contribution in [0.25, 0.3) is 0 Å². The van der Waals surface area contributed by atoms with Gasteiger partial charge in [0, 0.05) is 0 Å². The summed E-state index contributed by atoms with van der Waals surface area (Å²) in [6.07, 6.45) is 3.42. The second-order valence-corrected chi connectivity index (χ2v) is 2.40. The zero-order valence-corrected chi connectivity index (χ0v) is 6.71. The topological polar surface area (TPSA) is 0 Å². The molecule has 0 amide bonds. The van der Waals surface area contributed by atoms with Crippen molar-refractivity contribution in [2.45, 2.75) is 52.1 Å². The first kappa shape index (κ1) is 8.93. The van der Waals surface area contributed by atoms with Gasteiger partial charge < -0.3 is 0 Å². The Morgan fingerprint density at radius 2 is 1.78 bits per heavy atom. The summed E-state index contributed by atoms with van der Waals surface area (Å²) in [5, 5.41) is 0. The minimum Gasteiger partial charge on any atom is -0.244 e. The molecule has 0 atom stereocenters. The smallest absolute Gasteiger partial charge is 0.111 e. The number of rotatable bonds is 2. The van der Waals surface area contributed by atoms with Crippen molar-refractivity contribution in [2.24, 2.45) is 0 Å². The fourth-order valence-electron chi connectivity index (χ4n) is 0.834. The Bertz CT molecular complexity index is 65.0. The van der Waals surface area contributed by atoms with Crippen molar-refractivity contribution >= 4 is 0 Å². The lowest BCUT2D eigenvalue weighted by atomic mass is 10.2. The molecule has 0 unspecified atom stereocenters. The van der Waals surface area contributed by atoms with Gasteiger partial charge in [0.2, 0.25) is 0 Å². The van der Waals surface area contributed by atoms with E-state index in [1.54, 1.807) is 0 Å². The van der Waals surface area contributed by atoms with Crippen molar-refractivity contribution in [1.82, 2.24) is 0 Å². The quantitative estimate of drug-likeness (QED) is 0.540. The zero-order valence-electron chi connectivity index (χ0n) is 6.71. The average molecular weight is 132 g/mol. The van der Waals surface area contributed by atoms with Crippen LogP contribution in [-0.4, -0.2) is 5.67 Å². The predicted octanol–water partition coefficient (Wildman–Crippen LogP) is 3.31. The van der Waals surface area contributed by atoms with Crippen LogP contribution in [0.3, 0.4) is 0 Å². The van der Waals surface area contributed by atoms with Crippen LogP contribution in [0, 0.1) is 0 Å². The largest absolute Gasteiger partial charge is 0.244 e. The van der Waals surface area contributed by atoms with E-state index in [1.165, 1.54) is 0 Å². The minimum absolute atomic E-state index is 0.700. The number of alkyl halides is 1. The molecule has 1 rings (SSSR count). The van der Waals surface area contributed by atoms with Crippen molar-refractivity contribution in [3.05, 3.63) is 0 Å². The fourth-order valence-corrected chi connectivity index (χ4v) is 0.834. The van der Waals surface area contributed by atoms with E-state index in [0.717, 1.165) is 25.7 Å². The maximum Gasteiger partial charge on any atom is 0.111 e. The maximum absolute atomic E-state index is 12.5. The Balaban J connectivity index is 0.000000291. The van der Waals surface area contributed by atoms with Crippen molar-refractivity contribution in [2.75, 3.05) is 0 Å². The summed E-state index contributed by atoms with van der Waals surface area (Å²) < 4.78 is 12.5. The molecule has 0 aromatic heterocycles. The Kier molecular flexibility index (Phi) is 3.83. The molecule has 0 N–H and O–H groups in total. The minimum atomic E-state index is -0.700. The first-order chi connectivity index (χ1) is 4.27. The van der Waals surface area contributed by atoms with E-state index in [2.05, 4.69) is 0 Å². The highest BCUT2D eigenvalue weighted by Crippen LogP contribution is 2.43. The van der Waals surface area contributed by atoms with Gasteiger partial charge in [-0.1, -0.05) is 27.2 Å². The predicted molar refractivity (Wildman–Crippen MR) is 39.3 cm³/mol. The van der Waals surface area contributed by atoms with E-state index >= 15 is 0 Å². The molecule has 0 aliphatic heterocycles. The third-order valence-corrected chi connectivity index (χ3v) is 1.49. The molecule has 9 heavy (non-hydrogen) atoms. The van der Waals surface area contributed by atoms with Crippen LogP contribution in [0.1, 0.15) is 46.5 Å². The lowest BCUT2D eigenvalue weighted by Crippen LogP contribution is -1.95. The molecular weight excluding hydrogens is 115 g/mol. The molecule has 0 aromatic carbocycles. The van der Waals surface area contributed by atoms with E-state index < -0.39 is 5.67 Å². The summed E-state index contributed by atoms with van der Waals surface area (Å²) in [5.74, 6) is 0. The van der Waals surface area contributed by atoms with E-state index in [-0.39, 0.29) is 0 Å². The Hall–Kier alpha value is -0.0700. The van der Waals surface area contributed by atoms with Crippen LogP contribution in [0.15, 0.2) is 0 Å². The summed E-state index contributed by atoms with van der Waals surface area (Å²) in [7, 11) is 0. The average Bonchev–Trinajstić information content (AvgIpc) is 2.55. The van der Waals surface area contributed by atoms with Crippen LogP contribution in [-0.2, 0) is 0 Å². The molecule has 0 radical (unpaired) electrons. The van der Waals surface area contributed by atoms with Crippen LogP contribution in [0.5, 0.6) is 0 Å². The number of hydrogen-bond donors (Lipinski definition) is 0. The lowest BCUT2D eigenvalue weighted by Gasteiger charge is -1.96. The molecule has 0 aromatic rings. The van der Waals surface area contributed by atoms with Gasteiger partial charge in [-0.05, 0) is 19.3 Å². The van der Waals surface area contributed by atoms with E-state index in [1.807, 2.05) is 20.8 Å². The van der Waals surface area contributed by atoms with Gasteiger partial charge >= 0.3 is 0 Å². The monoisotopic (exact) mass is 132 g/mol. The second-order valence-electron chi connectivity index (χ2n) is 2.40. The lowest BCUT2D eigenvalue weighted by molar-refractivity contribution is 0.287. The van der Waals surface area contributed by atoms with Crippen LogP contribution in [0.4, 0.5) is 4.39 Å². The number of hydrogen-bond acceptors (Lipinski definition) is 0. The van der Waals surface area contributed by atoms with Gasteiger partial charge in [-0.15, -0.1) is 0 Å². The number of halogens is 1. The Morgan fingerprint density at radius 1 is 1.33 bits per heavy atom. The Labute approximate surface area is 57.5 Å². The summed E-state index contributed by atoms with van der Waals surface area (Å²) in [5.41, 5.74) is -0.700. The van der Waals surface area contributed by atoms with Crippen molar-refractivity contribution in [3.63, 3.8) is 0 Å². The molecule has 56 valence electrons. The second kappa shape index (κ2) is 3.86. The van der Waals surface area contributed by atoms with Crippen LogP contribution in [0.2, 0.25) is 0 Å². The van der Waals surface area contributed by atoms with Crippen LogP contribution >= 0.6 is 0 Å². The van der Waals surface area contributed by atoms with Gasteiger partial charge in [0.15, 0.2) is 0 Å². The van der Waals surface area contributed by atoms with Gasteiger partial charge in [0.25, 0.3) is 0 Å². The maximum atomic E-state index is 12.5. The van der Waals surface area contributed by atoms with Gasteiger partial charge in [-0.3, -0.25) is 0 Å². The van der Waals surface area contributed by atoms with Crippen molar-refractivity contribution < 1.29 is 4.39 Å². The molecule has 1 aliphatic carbocycles. The van der Waals surface area contributed by atoms with Gasteiger partial charge in [-0.2, -0.15) is 0 Å². The molecule has 1 aliphatic rings. The molecule has 1 heteroatoms. The van der Waals surface area contributed by atoms with Gasteiger partial charge in [0.05, 0.1) is 0 Å². The van der Waals surface area contributed by atoms with Crippen molar-refractivity contribution in [1.29, 1.82) is 0 Å². The first-order valence-corrected chi connectivity index (χ1v) is 3.96. The third-order valence-electron chi connectivity index (χ3n) is 1.49. The van der Waals surface area contributed by atoms with E-state index in [9.17, 15) is 4.39 Å². The van der Waals surface area contributed by atoms with Crippen molar-refractivity contribution in [3.8, 4) is 0 Å². The summed E-state index contributed by atoms with van der Waals surface area (Å²) in [6, 6.07) is 0. The van der Waals surface area contributed by atoms with E-state index in [0.29, 0.717) is 0 Å². The highest BCUT2D eigenvalue weighted by molar-refractivity contribution is 4.92. The van der Waals surface area contributed by atoms with E-state index in [4.69, 9.17) is 0 Å². The summed E-state index contributed by atoms with van der Waals surface area (Å²) in [6.45, 7) is 6.03. The molecular formula is C8H17F. The highest BCUT2D eigenvalue weighted by Gasteiger charge is 2.41. The molecule has 0 bridgehead atoms. The SMILES string of the molecule is CC.CCCC1(F)CC1. The summed E-state index contributed by atoms with van der Waals surface area (Å²) in [4.78, 5) is 0. The molecule has 1 fully saturated rings. The zero-order chi connectivity index (χ0) is 7.33. The Morgan fingerprint density at radius 3 is 1.89 bits per heavy atom. The molecule has 0 heterocycles. The van der Waals surface area contributed by atoms with Crippen LogP contribution < -0.4 is 0 Å². The normalized spacial score (nSPS) is 20.0.